The van der Waals surface area contributed by atoms with Crippen molar-refractivity contribution in [3.05, 3.63) is 0 Å². The quantitative estimate of drug-likeness (QED) is 0.746. The largest absolute Gasteiger partial charge is 0.396 e. The van der Waals surface area contributed by atoms with Gasteiger partial charge in [0.1, 0.15) is 0 Å². The predicted molar refractivity (Wildman–Crippen MR) is 58.2 cm³/mol. The molecule has 1 saturated heterocycles. The number of hydrogen-bond donors (Lipinski definition) is 1. The minimum atomic E-state index is 0.400. The van der Waals surface area contributed by atoms with Crippen LogP contribution in [0.4, 0.5) is 0 Å². The molecule has 0 spiro atoms. The van der Waals surface area contributed by atoms with Gasteiger partial charge in [-0.05, 0) is 50.6 Å². The number of aliphatic hydroxyl groups excluding tert-OH is 1. The summed E-state index contributed by atoms with van der Waals surface area (Å²) in [6, 6.07) is 0. The predicted octanol–water partition coefficient (Wildman–Crippen LogP) is 1.88. The Labute approximate surface area is 87.3 Å². The van der Waals surface area contributed by atoms with Gasteiger partial charge in [0.15, 0.2) is 0 Å². The third-order valence-electron chi connectivity index (χ3n) is 3.96. The van der Waals surface area contributed by atoms with Crippen LogP contribution in [-0.2, 0) is 0 Å². The van der Waals surface area contributed by atoms with Gasteiger partial charge < -0.3 is 10.0 Å². The van der Waals surface area contributed by atoms with Gasteiger partial charge in [0.2, 0.25) is 0 Å². The number of likely N-dealkylation sites (tertiary alicyclic amines) is 1. The summed E-state index contributed by atoms with van der Waals surface area (Å²) in [5, 5.41) is 9.04. The Hall–Kier alpha value is -0.0800. The first-order valence-electron chi connectivity index (χ1n) is 6.21. The number of piperidine rings is 1. The van der Waals surface area contributed by atoms with Crippen molar-refractivity contribution in [2.75, 3.05) is 26.2 Å². The molecule has 1 heterocycles. The summed E-state index contributed by atoms with van der Waals surface area (Å²) in [6.07, 6.45) is 8.25. The molecule has 0 unspecified atom stereocenters. The van der Waals surface area contributed by atoms with Crippen LogP contribution in [0, 0.1) is 11.8 Å². The van der Waals surface area contributed by atoms with Crippen molar-refractivity contribution in [1.82, 2.24) is 4.90 Å². The molecule has 2 nitrogen and oxygen atoms in total. The second kappa shape index (κ2) is 5.13. The van der Waals surface area contributed by atoms with E-state index in [0.717, 1.165) is 5.92 Å². The highest BCUT2D eigenvalue weighted by Crippen LogP contribution is 2.27. The van der Waals surface area contributed by atoms with Crippen molar-refractivity contribution in [3.8, 4) is 0 Å². The van der Waals surface area contributed by atoms with Crippen LogP contribution in [0.15, 0.2) is 0 Å². The van der Waals surface area contributed by atoms with E-state index in [1.54, 1.807) is 0 Å². The zero-order valence-corrected chi connectivity index (χ0v) is 9.12. The second-order valence-corrected chi connectivity index (χ2v) is 5.08. The van der Waals surface area contributed by atoms with Gasteiger partial charge >= 0.3 is 0 Å². The molecular weight excluding hydrogens is 174 g/mol. The van der Waals surface area contributed by atoms with Crippen LogP contribution in [-0.4, -0.2) is 36.2 Å². The fourth-order valence-electron chi connectivity index (χ4n) is 2.91. The highest BCUT2D eigenvalue weighted by molar-refractivity contribution is 4.76. The molecule has 82 valence electrons. The van der Waals surface area contributed by atoms with Gasteiger partial charge in [-0.3, -0.25) is 0 Å². The Morgan fingerprint density at radius 3 is 2.14 bits per heavy atom. The summed E-state index contributed by atoms with van der Waals surface area (Å²) in [7, 11) is 0. The summed E-state index contributed by atoms with van der Waals surface area (Å²) >= 11 is 0. The summed E-state index contributed by atoms with van der Waals surface area (Å²) in [4.78, 5) is 2.61. The van der Waals surface area contributed by atoms with Crippen LogP contribution in [0.25, 0.3) is 0 Å². The highest BCUT2D eigenvalue weighted by Gasteiger charge is 2.22. The van der Waals surface area contributed by atoms with Crippen LogP contribution in [0.3, 0.4) is 0 Å². The first kappa shape index (κ1) is 10.4. The smallest absolute Gasteiger partial charge is 0.0460 e. The van der Waals surface area contributed by atoms with E-state index in [1.807, 2.05) is 0 Å². The van der Waals surface area contributed by atoms with E-state index in [-0.39, 0.29) is 0 Å². The monoisotopic (exact) mass is 197 g/mol. The van der Waals surface area contributed by atoms with E-state index in [0.29, 0.717) is 12.5 Å². The first-order valence-corrected chi connectivity index (χ1v) is 6.21. The zero-order valence-electron chi connectivity index (χ0n) is 9.12. The molecule has 14 heavy (non-hydrogen) atoms. The van der Waals surface area contributed by atoms with Gasteiger partial charge in [0.25, 0.3) is 0 Å². The lowest BCUT2D eigenvalue weighted by Crippen LogP contribution is -2.37. The molecule has 0 radical (unpaired) electrons. The second-order valence-electron chi connectivity index (χ2n) is 5.08. The maximum absolute atomic E-state index is 9.04. The van der Waals surface area contributed by atoms with Crippen molar-refractivity contribution in [2.45, 2.75) is 38.5 Å². The molecule has 1 aliphatic heterocycles. The summed E-state index contributed by atoms with van der Waals surface area (Å²) < 4.78 is 0. The molecule has 2 aliphatic rings. The molecule has 0 aromatic carbocycles. The van der Waals surface area contributed by atoms with E-state index < -0.39 is 0 Å². The van der Waals surface area contributed by atoms with Crippen LogP contribution in [0.2, 0.25) is 0 Å². The van der Waals surface area contributed by atoms with Crippen molar-refractivity contribution < 1.29 is 5.11 Å². The van der Waals surface area contributed by atoms with Crippen LogP contribution < -0.4 is 0 Å². The van der Waals surface area contributed by atoms with Gasteiger partial charge in [-0.15, -0.1) is 0 Å². The molecular formula is C12H23NO. The molecule has 2 rings (SSSR count). The lowest BCUT2D eigenvalue weighted by molar-refractivity contribution is 0.120. The Bertz CT molecular complexity index is 158. The van der Waals surface area contributed by atoms with Crippen LogP contribution >= 0.6 is 0 Å². The fraction of sp³-hybridized carbons (Fsp3) is 1.00. The number of nitrogens with zero attached hydrogens (tertiary/aromatic N) is 1. The molecule has 1 N–H and O–H groups in total. The summed E-state index contributed by atoms with van der Waals surface area (Å²) in [5.41, 5.74) is 0. The zero-order chi connectivity index (χ0) is 9.80. The van der Waals surface area contributed by atoms with E-state index in [4.69, 9.17) is 5.11 Å². The topological polar surface area (TPSA) is 23.5 Å². The highest BCUT2D eigenvalue weighted by atomic mass is 16.3. The first-order chi connectivity index (χ1) is 6.88. The molecule has 1 aliphatic carbocycles. The third-order valence-corrected chi connectivity index (χ3v) is 3.96. The van der Waals surface area contributed by atoms with Crippen molar-refractivity contribution in [3.63, 3.8) is 0 Å². The fourth-order valence-corrected chi connectivity index (χ4v) is 2.91. The van der Waals surface area contributed by atoms with Gasteiger partial charge in [-0.1, -0.05) is 12.8 Å². The van der Waals surface area contributed by atoms with Crippen molar-refractivity contribution >= 4 is 0 Å². The number of hydrogen-bond acceptors (Lipinski definition) is 2. The molecule has 2 fully saturated rings. The molecule has 0 aromatic heterocycles. The molecule has 0 amide bonds. The number of aliphatic hydroxyl groups is 1. The Morgan fingerprint density at radius 1 is 0.929 bits per heavy atom. The van der Waals surface area contributed by atoms with Gasteiger partial charge in [-0.25, -0.2) is 0 Å². The van der Waals surface area contributed by atoms with E-state index in [9.17, 15) is 0 Å². The van der Waals surface area contributed by atoms with Crippen LogP contribution in [0.5, 0.6) is 0 Å². The maximum atomic E-state index is 9.04. The minimum Gasteiger partial charge on any atom is -0.396 e. The van der Waals surface area contributed by atoms with Crippen molar-refractivity contribution in [1.29, 1.82) is 0 Å². The average molecular weight is 197 g/mol. The lowest BCUT2D eigenvalue weighted by Gasteiger charge is -2.32. The van der Waals surface area contributed by atoms with E-state index in [1.165, 1.54) is 58.2 Å². The van der Waals surface area contributed by atoms with Gasteiger partial charge in [-0.2, -0.15) is 0 Å². The SMILES string of the molecule is OCC1CCN(CC2CCCC2)CC1. The lowest BCUT2D eigenvalue weighted by atomic mass is 9.96. The molecule has 0 atom stereocenters. The van der Waals surface area contributed by atoms with Crippen molar-refractivity contribution in [2.24, 2.45) is 11.8 Å². The summed E-state index contributed by atoms with van der Waals surface area (Å²) in [5.74, 6) is 1.58. The normalized spacial score (nSPS) is 27.2. The van der Waals surface area contributed by atoms with Gasteiger partial charge in [0.05, 0.1) is 0 Å². The molecule has 0 aromatic rings. The standard InChI is InChI=1S/C12H23NO/c14-10-12-5-7-13(8-6-12)9-11-3-1-2-4-11/h11-12,14H,1-10H2. The molecule has 2 heteroatoms. The van der Waals surface area contributed by atoms with E-state index in [2.05, 4.69) is 4.90 Å². The Balaban J connectivity index is 1.67. The Morgan fingerprint density at radius 2 is 1.57 bits per heavy atom. The molecule has 1 saturated carbocycles. The third kappa shape index (κ3) is 2.71. The van der Waals surface area contributed by atoms with Gasteiger partial charge in [0, 0.05) is 13.2 Å². The Kier molecular flexibility index (Phi) is 3.82. The average Bonchev–Trinajstić information content (AvgIpc) is 2.72. The van der Waals surface area contributed by atoms with Crippen LogP contribution in [0.1, 0.15) is 38.5 Å². The molecule has 0 bridgehead atoms. The minimum absolute atomic E-state index is 0.400. The maximum Gasteiger partial charge on any atom is 0.0460 e. The van der Waals surface area contributed by atoms with E-state index >= 15 is 0 Å². The number of rotatable bonds is 3. The summed E-state index contributed by atoms with van der Waals surface area (Å²) in [6.45, 7) is 4.18.